The van der Waals surface area contributed by atoms with Crippen molar-refractivity contribution in [3.05, 3.63) is 59.7 Å². The van der Waals surface area contributed by atoms with Gasteiger partial charge in [0.15, 0.2) is 0 Å². The fourth-order valence-corrected chi connectivity index (χ4v) is 2.18. The monoisotopic (exact) mass is 292 g/mol. The molecule has 112 valence electrons. The third kappa shape index (κ3) is 3.65. The first kappa shape index (κ1) is 15.6. The fraction of sp³-hybridized carbons (Fsp3) is 0.294. The molecule has 0 saturated heterocycles. The van der Waals surface area contributed by atoms with Crippen molar-refractivity contribution in [3.8, 4) is 11.1 Å². The van der Waals surface area contributed by atoms with E-state index in [4.69, 9.17) is 4.74 Å². The Morgan fingerprint density at radius 2 is 1.76 bits per heavy atom. The van der Waals surface area contributed by atoms with Crippen molar-refractivity contribution in [2.45, 2.75) is 18.9 Å². The molecule has 2 aromatic carbocycles. The molecule has 2 rings (SSSR count). The van der Waals surface area contributed by atoms with Crippen LogP contribution in [0.25, 0.3) is 11.1 Å². The zero-order valence-electron chi connectivity index (χ0n) is 12.1. The Hall–Kier alpha value is -1.78. The molecule has 0 aliphatic rings. The molecule has 0 amide bonds. The summed E-state index contributed by atoms with van der Waals surface area (Å²) in [5.74, 6) is -1.20. The predicted molar refractivity (Wildman–Crippen MR) is 77.9 cm³/mol. The Morgan fingerprint density at radius 1 is 1.10 bits per heavy atom. The number of hydrogen-bond acceptors (Lipinski definition) is 2. The molecule has 2 aromatic rings. The number of benzene rings is 2. The first-order valence-electron chi connectivity index (χ1n) is 6.71. The summed E-state index contributed by atoms with van der Waals surface area (Å²) in [5, 5.41) is 10.4. The first-order valence-corrected chi connectivity index (χ1v) is 6.71. The highest BCUT2D eigenvalue weighted by Crippen LogP contribution is 2.28. The van der Waals surface area contributed by atoms with Crippen molar-refractivity contribution in [1.82, 2.24) is 0 Å². The van der Waals surface area contributed by atoms with E-state index in [0.29, 0.717) is 24.2 Å². The van der Waals surface area contributed by atoms with E-state index in [2.05, 4.69) is 0 Å². The summed E-state index contributed by atoms with van der Waals surface area (Å²) >= 11 is 0. The average Bonchev–Trinajstić information content (AvgIpc) is 2.45. The van der Waals surface area contributed by atoms with Gasteiger partial charge in [0.2, 0.25) is 0 Å². The topological polar surface area (TPSA) is 29.5 Å². The fourth-order valence-electron chi connectivity index (χ4n) is 2.18. The average molecular weight is 292 g/mol. The zero-order valence-corrected chi connectivity index (χ0v) is 12.1. The van der Waals surface area contributed by atoms with E-state index >= 15 is 0 Å². The predicted octanol–water partition coefficient (Wildman–Crippen LogP) is 3.88. The van der Waals surface area contributed by atoms with Crippen molar-refractivity contribution in [2.24, 2.45) is 0 Å². The molecule has 1 unspecified atom stereocenters. The second kappa shape index (κ2) is 6.33. The van der Waals surface area contributed by atoms with Gasteiger partial charge in [-0.2, -0.15) is 0 Å². The number of hydrogen-bond donors (Lipinski definition) is 1. The van der Waals surface area contributed by atoms with Crippen molar-refractivity contribution < 1.29 is 18.6 Å². The number of halogens is 2. The highest BCUT2D eigenvalue weighted by molar-refractivity contribution is 5.64. The van der Waals surface area contributed by atoms with Gasteiger partial charge < -0.3 is 9.84 Å². The smallest absolute Gasteiger partial charge is 0.133 e. The van der Waals surface area contributed by atoms with Gasteiger partial charge in [0.1, 0.15) is 11.6 Å². The second-order valence-corrected chi connectivity index (χ2v) is 5.22. The summed E-state index contributed by atoms with van der Waals surface area (Å²) in [4.78, 5) is 0. The molecule has 0 heterocycles. The van der Waals surface area contributed by atoms with Crippen molar-refractivity contribution >= 4 is 0 Å². The number of rotatable bonds is 5. The standard InChI is InChI=1S/C17H18F2O2/c1-17(20,9-10-21-2)13-5-3-12(4-6-13)15-8-7-14(18)11-16(15)19/h3-8,11,20H,9-10H2,1-2H3. The normalized spacial score (nSPS) is 14.0. The van der Waals surface area contributed by atoms with E-state index in [9.17, 15) is 13.9 Å². The molecule has 0 aromatic heterocycles. The van der Waals surface area contributed by atoms with Gasteiger partial charge in [-0.25, -0.2) is 8.78 Å². The van der Waals surface area contributed by atoms with Crippen LogP contribution in [0.3, 0.4) is 0 Å². The lowest BCUT2D eigenvalue weighted by atomic mass is 9.91. The van der Waals surface area contributed by atoms with Gasteiger partial charge in [-0.05, 0) is 30.2 Å². The maximum Gasteiger partial charge on any atom is 0.133 e. The van der Waals surface area contributed by atoms with E-state index < -0.39 is 17.2 Å². The van der Waals surface area contributed by atoms with E-state index in [-0.39, 0.29) is 0 Å². The van der Waals surface area contributed by atoms with Gasteiger partial charge in [-0.1, -0.05) is 24.3 Å². The molecule has 0 radical (unpaired) electrons. The van der Waals surface area contributed by atoms with E-state index in [0.717, 1.165) is 11.6 Å². The maximum absolute atomic E-state index is 13.7. The molecular formula is C17H18F2O2. The minimum Gasteiger partial charge on any atom is -0.385 e. The van der Waals surface area contributed by atoms with Crippen LogP contribution in [-0.2, 0) is 10.3 Å². The van der Waals surface area contributed by atoms with Crippen LogP contribution in [0.5, 0.6) is 0 Å². The lowest BCUT2D eigenvalue weighted by molar-refractivity contribution is 0.0210. The van der Waals surface area contributed by atoms with Crippen LogP contribution in [0, 0.1) is 11.6 Å². The molecule has 0 fully saturated rings. The molecule has 21 heavy (non-hydrogen) atoms. The van der Waals surface area contributed by atoms with E-state index in [1.54, 1.807) is 38.3 Å². The molecule has 1 N–H and O–H groups in total. The molecular weight excluding hydrogens is 274 g/mol. The molecule has 4 heteroatoms. The molecule has 0 saturated carbocycles. The largest absolute Gasteiger partial charge is 0.385 e. The van der Waals surface area contributed by atoms with Crippen LogP contribution >= 0.6 is 0 Å². The Balaban J connectivity index is 2.26. The van der Waals surface area contributed by atoms with Gasteiger partial charge in [-0.15, -0.1) is 0 Å². The summed E-state index contributed by atoms with van der Waals surface area (Å²) in [5.41, 5.74) is 0.694. The Bertz CT molecular complexity index is 607. The van der Waals surface area contributed by atoms with Gasteiger partial charge in [-0.3, -0.25) is 0 Å². The highest BCUT2D eigenvalue weighted by atomic mass is 19.1. The summed E-state index contributed by atoms with van der Waals surface area (Å²) in [6.07, 6.45) is 0.466. The Morgan fingerprint density at radius 3 is 2.33 bits per heavy atom. The minimum atomic E-state index is -1.00. The third-order valence-electron chi connectivity index (χ3n) is 3.54. The third-order valence-corrected chi connectivity index (χ3v) is 3.54. The number of ether oxygens (including phenoxy) is 1. The van der Waals surface area contributed by atoms with Gasteiger partial charge >= 0.3 is 0 Å². The summed E-state index contributed by atoms with van der Waals surface area (Å²) in [6.45, 7) is 2.15. The lowest BCUT2D eigenvalue weighted by Crippen LogP contribution is -2.22. The van der Waals surface area contributed by atoms with Gasteiger partial charge in [0, 0.05) is 31.8 Å². The first-order chi connectivity index (χ1) is 9.94. The Kier molecular flexibility index (Phi) is 4.70. The lowest BCUT2D eigenvalue weighted by Gasteiger charge is -2.23. The SMILES string of the molecule is COCCC(C)(O)c1ccc(-c2ccc(F)cc2F)cc1. The molecule has 0 spiro atoms. The zero-order chi connectivity index (χ0) is 15.5. The summed E-state index contributed by atoms with van der Waals surface area (Å²) in [6, 6.07) is 10.4. The summed E-state index contributed by atoms with van der Waals surface area (Å²) < 4.78 is 31.6. The molecule has 2 nitrogen and oxygen atoms in total. The molecule has 0 bridgehead atoms. The maximum atomic E-state index is 13.7. The van der Waals surface area contributed by atoms with Crippen LogP contribution in [0.4, 0.5) is 8.78 Å². The molecule has 1 atom stereocenters. The number of aliphatic hydroxyl groups is 1. The van der Waals surface area contributed by atoms with Crippen LogP contribution in [-0.4, -0.2) is 18.8 Å². The van der Waals surface area contributed by atoms with Gasteiger partial charge in [0.05, 0.1) is 5.60 Å². The molecule has 0 aliphatic heterocycles. The van der Waals surface area contributed by atoms with Gasteiger partial charge in [0.25, 0.3) is 0 Å². The van der Waals surface area contributed by atoms with Crippen LogP contribution in [0.1, 0.15) is 18.9 Å². The summed E-state index contributed by atoms with van der Waals surface area (Å²) in [7, 11) is 1.58. The quantitative estimate of drug-likeness (QED) is 0.906. The minimum absolute atomic E-state index is 0.333. The van der Waals surface area contributed by atoms with Crippen molar-refractivity contribution in [3.63, 3.8) is 0 Å². The van der Waals surface area contributed by atoms with Crippen molar-refractivity contribution in [1.29, 1.82) is 0 Å². The number of methoxy groups -OCH3 is 1. The van der Waals surface area contributed by atoms with E-state index in [1.807, 2.05) is 0 Å². The van der Waals surface area contributed by atoms with Crippen LogP contribution in [0.15, 0.2) is 42.5 Å². The second-order valence-electron chi connectivity index (χ2n) is 5.22. The van der Waals surface area contributed by atoms with Crippen molar-refractivity contribution in [2.75, 3.05) is 13.7 Å². The van der Waals surface area contributed by atoms with E-state index in [1.165, 1.54) is 12.1 Å². The highest BCUT2D eigenvalue weighted by Gasteiger charge is 2.22. The molecule has 0 aliphatic carbocycles. The van der Waals surface area contributed by atoms with Crippen LogP contribution < -0.4 is 0 Å². The Labute approximate surface area is 123 Å². The van der Waals surface area contributed by atoms with Crippen LogP contribution in [0.2, 0.25) is 0 Å².